The third-order valence-corrected chi connectivity index (χ3v) is 2.87. The summed E-state index contributed by atoms with van der Waals surface area (Å²) in [5.74, 6) is -2.83. The van der Waals surface area contributed by atoms with Gasteiger partial charge in [0.15, 0.2) is 11.6 Å². The number of rotatable bonds is 5. The van der Waals surface area contributed by atoms with Crippen LogP contribution in [0, 0.1) is 11.6 Å². The molecule has 0 fully saturated rings. The first-order chi connectivity index (χ1) is 10.6. The maximum Gasteiger partial charge on any atom is 0.407 e. The minimum Gasteiger partial charge on any atom is -0.444 e. The molecule has 0 radical (unpaired) electrons. The molecule has 2 amide bonds. The van der Waals surface area contributed by atoms with Gasteiger partial charge in [0.2, 0.25) is 0 Å². The van der Waals surface area contributed by atoms with Gasteiger partial charge in [-0.05, 0) is 39.3 Å². The third kappa shape index (κ3) is 6.22. The number of amides is 2. The molecule has 23 heavy (non-hydrogen) atoms. The number of halogens is 2. The number of carbonyl (C=O) groups is 2. The number of carbonyl (C=O) groups excluding carboxylic acids is 2. The standard InChI is InChI=1S/C16H22F2N2O3/c1-16(2,3)23-15(22)19-9-6-10-20(4)14(21)11-7-5-8-12(17)13(11)18/h5,7-8H,6,9-10H2,1-4H3,(H,19,22). The van der Waals surface area contributed by atoms with Crippen LogP contribution < -0.4 is 5.32 Å². The zero-order valence-electron chi connectivity index (χ0n) is 13.8. The quantitative estimate of drug-likeness (QED) is 0.846. The van der Waals surface area contributed by atoms with Crippen LogP contribution in [-0.2, 0) is 4.74 Å². The van der Waals surface area contributed by atoms with E-state index in [0.29, 0.717) is 13.0 Å². The molecule has 0 aliphatic heterocycles. The van der Waals surface area contributed by atoms with Crippen LogP contribution >= 0.6 is 0 Å². The average Bonchev–Trinajstić information content (AvgIpc) is 2.43. The molecule has 1 N–H and O–H groups in total. The first-order valence-electron chi connectivity index (χ1n) is 7.28. The summed E-state index contributed by atoms with van der Waals surface area (Å²) < 4.78 is 31.8. The molecule has 0 atom stereocenters. The number of benzene rings is 1. The Labute approximate surface area is 134 Å². The number of alkyl carbamates (subject to hydrolysis) is 1. The molecule has 0 spiro atoms. The highest BCUT2D eigenvalue weighted by Gasteiger charge is 2.19. The van der Waals surface area contributed by atoms with E-state index in [-0.39, 0.29) is 12.1 Å². The lowest BCUT2D eigenvalue weighted by Crippen LogP contribution is -2.35. The van der Waals surface area contributed by atoms with Crippen LogP contribution in [0.3, 0.4) is 0 Å². The van der Waals surface area contributed by atoms with Gasteiger partial charge >= 0.3 is 6.09 Å². The average molecular weight is 328 g/mol. The van der Waals surface area contributed by atoms with Crippen LogP contribution in [-0.4, -0.2) is 42.6 Å². The number of hydrogen-bond acceptors (Lipinski definition) is 3. The van der Waals surface area contributed by atoms with Gasteiger partial charge in [-0.1, -0.05) is 6.07 Å². The number of hydrogen-bond donors (Lipinski definition) is 1. The Kier molecular flexibility index (Phi) is 6.48. The number of nitrogens with zero attached hydrogens (tertiary/aromatic N) is 1. The summed E-state index contributed by atoms with van der Waals surface area (Å²) in [6.07, 6.45) is -0.0824. The monoisotopic (exact) mass is 328 g/mol. The lowest BCUT2D eigenvalue weighted by atomic mass is 10.2. The largest absolute Gasteiger partial charge is 0.444 e. The second-order valence-electron chi connectivity index (χ2n) is 6.11. The van der Waals surface area contributed by atoms with Crippen LogP contribution in [0.2, 0.25) is 0 Å². The lowest BCUT2D eigenvalue weighted by molar-refractivity contribution is 0.0526. The van der Waals surface area contributed by atoms with Crippen molar-refractivity contribution in [1.82, 2.24) is 10.2 Å². The maximum absolute atomic E-state index is 13.6. The van der Waals surface area contributed by atoms with Gasteiger partial charge in [-0.2, -0.15) is 0 Å². The van der Waals surface area contributed by atoms with E-state index in [1.807, 2.05) is 0 Å². The van der Waals surface area contributed by atoms with Gasteiger partial charge < -0.3 is 15.0 Å². The fraction of sp³-hybridized carbons (Fsp3) is 0.500. The second-order valence-corrected chi connectivity index (χ2v) is 6.11. The van der Waals surface area contributed by atoms with Crippen molar-refractivity contribution in [3.8, 4) is 0 Å². The van der Waals surface area contributed by atoms with Gasteiger partial charge in [-0.15, -0.1) is 0 Å². The highest BCUT2D eigenvalue weighted by atomic mass is 19.2. The van der Waals surface area contributed by atoms with Crippen molar-refractivity contribution in [1.29, 1.82) is 0 Å². The predicted molar refractivity (Wildman–Crippen MR) is 82.2 cm³/mol. The van der Waals surface area contributed by atoms with Crippen molar-refractivity contribution >= 4 is 12.0 Å². The zero-order chi connectivity index (χ0) is 17.6. The molecule has 5 nitrogen and oxygen atoms in total. The molecule has 1 rings (SSSR count). The maximum atomic E-state index is 13.6. The molecule has 0 heterocycles. The van der Waals surface area contributed by atoms with Gasteiger partial charge in [0, 0.05) is 20.1 Å². The first-order valence-corrected chi connectivity index (χ1v) is 7.28. The Morgan fingerprint density at radius 2 is 1.91 bits per heavy atom. The van der Waals surface area contributed by atoms with Crippen molar-refractivity contribution in [2.45, 2.75) is 32.8 Å². The van der Waals surface area contributed by atoms with Crippen LogP contribution in [0.1, 0.15) is 37.6 Å². The van der Waals surface area contributed by atoms with Crippen molar-refractivity contribution < 1.29 is 23.1 Å². The Balaban J connectivity index is 2.42. The predicted octanol–water partition coefficient (Wildman–Crippen LogP) is 2.95. The summed E-state index contributed by atoms with van der Waals surface area (Å²) in [6.45, 7) is 5.86. The molecule has 0 saturated carbocycles. The zero-order valence-corrected chi connectivity index (χ0v) is 13.8. The molecule has 1 aromatic carbocycles. The molecule has 0 saturated heterocycles. The summed E-state index contributed by atoms with van der Waals surface area (Å²) in [5.41, 5.74) is -0.890. The van der Waals surface area contributed by atoms with Gasteiger partial charge in [0.1, 0.15) is 5.60 Å². The van der Waals surface area contributed by atoms with Gasteiger partial charge in [0.25, 0.3) is 5.91 Å². The van der Waals surface area contributed by atoms with Crippen molar-refractivity contribution in [2.24, 2.45) is 0 Å². The lowest BCUT2D eigenvalue weighted by Gasteiger charge is -2.20. The Morgan fingerprint density at radius 3 is 2.52 bits per heavy atom. The molecule has 0 aliphatic carbocycles. The van der Waals surface area contributed by atoms with E-state index < -0.39 is 29.2 Å². The SMILES string of the molecule is CN(CCCNC(=O)OC(C)(C)C)C(=O)c1cccc(F)c1F. The van der Waals surface area contributed by atoms with Crippen LogP contribution in [0.25, 0.3) is 0 Å². The van der Waals surface area contributed by atoms with E-state index in [1.54, 1.807) is 20.8 Å². The van der Waals surface area contributed by atoms with Crippen molar-refractivity contribution in [3.63, 3.8) is 0 Å². The molecule has 0 bridgehead atoms. The van der Waals surface area contributed by atoms with Crippen LogP contribution in [0.4, 0.5) is 13.6 Å². The summed E-state index contributed by atoms with van der Waals surface area (Å²) in [7, 11) is 1.49. The van der Waals surface area contributed by atoms with E-state index in [2.05, 4.69) is 5.32 Å². The fourth-order valence-corrected chi connectivity index (χ4v) is 1.80. The fourth-order valence-electron chi connectivity index (χ4n) is 1.80. The minimum atomic E-state index is -1.16. The highest BCUT2D eigenvalue weighted by Crippen LogP contribution is 2.13. The second kappa shape index (κ2) is 7.89. The molecule has 128 valence electrons. The molecular formula is C16H22F2N2O3. The highest BCUT2D eigenvalue weighted by molar-refractivity contribution is 5.94. The van der Waals surface area contributed by atoms with E-state index in [4.69, 9.17) is 4.74 Å². The Hall–Kier alpha value is -2.18. The molecule has 1 aromatic rings. The molecule has 0 aliphatic rings. The normalized spacial score (nSPS) is 11.0. The van der Waals surface area contributed by atoms with Gasteiger partial charge in [-0.25, -0.2) is 13.6 Å². The number of ether oxygens (including phenoxy) is 1. The van der Waals surface area contributed by atoms with Crippen molar-refractivity contribution in [3.05, 3.63) is 35.4 Å². The number of nitrogens with one attached hydrogen (secondary N) is 1. The molecule has 0 unspecified atom stereocenters. The van der Waals surface area contributed by atoms with E-state index in [9.17, 15) is 18.4 Å². The van der Waals surface area contributed by atoms with Crippen LogP contribution in [0.5, 0.6) is 0 Å². The summed E-state index contributed by atoms with van der Waals surface area (Å²) in [5, 5.41) is 2.56. The van der Waals surface area contributed by atoms with E-state index in [0.717, 1.165) is 6.07 Å². The summed E-state index contributed by atoms with van der Waals surface area (Å²) >= 11 is 0. The summed E-state index contributed by atoms with van der Waals surface area (Å²) in [6, 6.07) is 3.47. The molecule has 7 heteroatoms. The summed E-state index contributed by atoms with van der Waals surface area (Å²) in [4.78, 5) is 24.7. The Bertz CT molecular complexity index is 571. The van der Waals surface area contributed by atoms with Crippen molar-refractivity contribution in [2.75, 3.05) is 20.1 Å². The van der Waals surface area contributed by atoms with Crippen LogP contribution in [0.15, 0.2) is 18.2 Å². The van der Waals surface area contributed by atoms with Gasteiger partial charge in [0.05, 0.1) is 5.56 Å². The Morgan fingerprint density at radius 1 is 1.26 bits per heavy atom. The first kappa shape index (κ1) is 18.9. The molecule has 0 aromatic heterocycles. The third-order valence-electron chi connectivity index (χ3n) is 2.87. The van der Waals surface area contributed by atoms with E-state index in [1.165, 1.54) is 24.1 Å². The topological polar surface area (TPSA) is 58.6 Å². The minimum absolute atomic E-state index is 0.282. The van der Waals surface area contributed by atoms with Gasteiger partial charge in [-0.3, -0.25) is 4.79 Å². The van der Waals surface area contributed by atoms with E-state index >= 15 is 0 Å². The smallest absolute Gasteiger partial charge is 0.407 e. The molecular weight excluding hydrogens is 306 g/mol.